The molecule has 2 heterocycles. The highest BCUT2D eigenvalue weighted by molar-refractivity contribution is 5.52. The molecule has 0 aliphatic carbocycles. The van der Waals surface area contributed by atoms with Gasteiger partial charge in [0.25, 0.3) is 0 Å². The molecule has 0 radical (unpaired) electrons. The number of anilines is 1. The predicted octanol–water partition coefficient (Wildman–Crippen LogP) is 1.83. The summed E-state index contributed by atoms with van der Waals surface area (Å²) in [5, 5.41) is 7.29. The van der Waals surface area contributed by atoms with E-state index >= 15 is 0 Å². The van der Waals surface area contributed by atoms with Crippen molar-refractivity contribution in [2.75, 3.05) is 12.4 Å². The van der Waals surface area contributed by atoms with Gasteiger partial charge in [-0.2, -0.15) is 5.10 Å². The van der Waals surface area contributed by atoms with Gasteiger partial charge in [-0.3, -0.25) is 0 Å². The van der Waals surface area contributed by atoms with Crippen LogP contribution in [0.1, 0.15) is 25.3 Å². The highest BCUT2D eigenvalue weighted by atomic mass is 15.3. The highest BCUT2D eigenvalue weighted by Gasteiger charge is 2.15. The number of hydrogen-bond acceptors (Lipinski definition) is 4. The Kier molecular flexibility index (Phi) is 2.85. The minimum Gasteiger partial charge on any atom is -0.373 e. The average Bonchev–Trinajstić information content (AvgIpc) is 2.81. The zero-order valence-electron chi connectivity index (χ0n) is 9.68. The first kappa shape index (κ1) is 10.6. The predicted molar refractivity (Wildman–Crippen MR) is 62.8 cm³/mol. The number of rotatable bonds is 3. The lowest BCUT2D eigenvalue weighted by Gasteiger charge is -2.14. The molecule has 0 unspecified atom stereocenters. The monoisotopic (exact) mass is 217 g/mol. The van der Waals surface area contributed by atoms with Crippen LogP contribution >= 0.6 is 0 Å². The summed E-state index contributed by atoms with van der Waals surface area (Å²) in [5.74, 6) is 2.03. The number of hydrogen-bond donors (Lipinski definition) is 1. The molecular formula is C11H15N5. The molecule has 0 saturated heterocycles. The Bertz CT molecular complexity index is 461. The van der Waals surface area contributed by atoms with Crippen molar-refractivity contribution in [3.8, 4) is 5.82 Å². The summed E-state index contributed by atoms with van der Waals surface area (Å²) in [5.41, 5.74) is 1.08. The van der Waals surface area contributed by atoms with Crippen molar-refractivity contribution in [3.63, 3.8) is 0 Å². The van der Waals surface area contributed by atoms with E-state index in [2.05, 4.69) is 34.2 Å². The number of nitrogens with zero attached hydrogens (tertiary/aromatic N) is 4. The Morgan fingerprint density at radius 3 is 2.69 bits per heavy atom. The fraction of sp³-hybridized carbons (Fsp3) is 0.364. The SMILES string of the molecule is CNc1ncnc(-n2cccn2)c1C(C)C. The molecule has 0 atom stereocenters. The van der Waals surface area contributed by atoms with Gasteiger partial charge in [0, 0.05) is 25.0 Å². The van der Waals surface area contributed by atoms with Crippen LogP contribution in [0, 0.1) is 0 Å². The van der Waals surface area contributed by atoms with E-state index in [1.54, 1.807) is 17.2 Å². The smallest absolute Gasteiger partial charge is 0.162 e. The Balaban J connectivity index is 2.61. The maximum Gasteiger partial charge on any atom is 0.162 e. The van der Waals surface area contributed by atoms with Crippen molar-refractivity contribution >= 4 is 5.82 Å². The van der Waals surface area contributed by atoms with E-state index in [9.17, 15) is 0 Å². The summed E-state index contributed by atoms with van der Waals surface area (Å²) in [6.07, 6.45) is 5.17. The third-order valence-corrected chi connectivity index (χ3v) is 2.40. The van der Waals surface area contributed by atoms with Crippen molar-refractivity contribution in [3.05, 3.63) is 30.4 Å². The molecule has 0 spiro atoms. The molecule has 0 fully saturated rings. The van der Waals surface area contributed by atoms with Crippen molar-refractivity contribution in [1.82, 2.24) is 19.7 Å². The first-order valence-corrected chi connectivity index (χ1v) is 5.26. The van der Waals surface area contributed by atoms with Crippen molar-refractivity contribution in [2.24, 2.45) is 0 Å². The minimum atomic E-state index is 0.336. The van der Waals surface area contributed by atoms with E-state index < -0.39 is 0 Å². The largest absolute Gasteiger partial charge is 0.373 e. The molecule has 0 aromatic carbocycles. The topological polar surface area (TPSA) is 55.6 Å². The molecule has 84 valence electrons. The van der Waals surface area contributed by atoms with Gasteiger partial charge in [0.05, 0.1) is 0 Å². The molecule has 0 aliphatic rings. The second-order valence-corrected chi connectivity index (χ2v) is 3.81. The summed E-state index contributed by atoms with van der Waals surface area (Å²) in [6.45, 7) is 4.24. The standard InChI is InChI=1S/C11H15N5/c1-8(2)9-10(12-3)13-7-14-11(9)16-6-4-5-15-16/h4-8H,1-3H3,(H,12,13,14). The summed E-state index contributed by atoms with van der Waals surface area (Å²) >= 11 is 0. The average molecular weight is 217 g/mol. The van der Waals surface area contributed by atoms with Crippen LogP contribution in [0.4, 0.5) is 5.82 Å². The maximum atomic E-state index is 4.30. The summed E-state index contributed by atoms with van der Waals surface area (Å²) < 4.78 is 1.76. The van der Waals surface area contributed by atoms with Crippen LogP contribution in [-0.4, -0.2) is 26.8 Å². The number of nitrogens with one attached hydrogen (secondary N) is 1. The molecule has 16 heavy (non-hydrogen) atoms. The molecule has 2 aromatic rings. The molecule has 5 heteroatoms. The lowest BCUT2D eigenvalue weighted by molar-refractivity contribution is 0.775. The van der Waals surface area contributed by atoms with E-state index in [-0.39, 0.29) is 0 Å². The lowest BCUT2D eigenvalue weighted by atomic mass is 10.0. The van der Waals surface area contributed by atoms with Crippen LogP contribution in [0.25, 0.3) is 5.82 Å². The van der Waals surface area contributed by atoms with Gasteiger partial charge >= 0.3 is 0 Å². The summed E-state index contributed by atoms with van der Waals surface area (Å²) in [6, 6.07) is 1.88. The fourth-order valence-corrected chi connectivity index (χ4v) is 1.69. The van der Waals surface area contributed by atoms with Gasteiger partial charge in [0.1, 0.15) is 12.1 Å². The van der Waals surface area contributed by atoms with Crippen molar-refractivity contribution < 1.29 is 0 Å². The lowest BCUT2D eigenvalue weighted by Crippen LogP contribution is -2.09. The van der Waals surface area contributed by atoms with Gasteiger partial charge in [-0.15, -0.1) is 0 Å². The van der Waals surface area contributed by atoms with E-state index in [1.807, 2.05) is 19.3 Å². The zero-order chi connectivity index (χ0) is 11.5. The summed E-state index contributed by atoms with van der Waals surface area (Å²) in [7, 11) is 1.86. The van der Waals surface area contributed by atoms with Gasteiger partial charge in [-0.25, -0.2) is 14.6 Å². The molecule has 2 aromatic heterocycles. The third kappa shape index (κ3) is 1.76. The first-order valence-electron chi connectivity index (χ1n) is 5.26. The van der Waals surface area contributed by atoms with Gasteiger partial charge in [-0.1, -0.05) is 13.8 Å². The molecule has 0 bridgehead atoms. The first-order chi connectivity index (χ1) is 7.74. The van der Waals surface area contributed by atoms with Gasteiger partial charge in [0.15, 0.2) is 5.82 Å². The minimum absolute atomic E-state index is 0.336. The third-order valence-electron chi connectivity index (χ3n) is 2.40. The molecule has 0 aliphatic heterocycles. The van der Waals surface area contributed by atoms with Crippen molar-refractivity contribution in [1.29, 1.82) is 0 Å². The Morgan fingerprint density at radius 2 is 2.12 bits per heavy atom. The number of aromatic nitrogens is 4. The Labute approximate surface area is 94.5 Å². The van der Waals surface area contributed by atoms with Crippen LogP contribution in [0.3, 0.4) is 0 Å². The van der Waals surface area contributed by atoms with Crippen molar-refractivity contribution in [2.45, 2.75) is 19.8 Å². The molecule has 0 amide bonds. The molecule has 2 rings (SSSR count). The van der Waals surface area contributed by atoms with Crippen LogP contribution in [0.15, 0.2) is 24.8 Å². The highest BCUT2D eigenvalue weighted by Crippen LogP contribution is 2.26. The van der Waals surface area contributed by atoms with Gasteiger partial charge in [-0.05, 0) is 12.0 Å². The summed E-state index contributed by atoms with van der Waals surface area (Å²) in [4.78, 5) is 8.53. The van der Waals surface area contributed by atoms with Crippen LogP contribution < -0.4 is 5.32 Å². The van der Waals surface area contributed by atoms with E-state index in [1.165, 1.54) is 0 Å². The second kappa shape index (κ2) is 4.30. The Morgan fingerprint density at radius 1 is 1.31 bits per heavy atom. The Hall–Kier alpha value is -1.91. The normalized spacial score (nSPS) is 10.8. The van der Waals surface area contributed by atoms with Gasteiger partial charge < -0.3 is 5.32 Å². The second-order valence-electron chi connectivity index (χ2n) is 3.81. The van der Waals surface area contributed by atoms with Crippen LogP contribution in [-0.2, 0) is 0 Å². The van der Waals surface area contributed by atoms with Crippen LogP contribution in [0.5, 0.6) is 0 Å². The van der Waals surface area contributed by atoms with E-state index in [0.29, 0.717) is 5.92 Å². The van der Waals surface area contributed by atoms with E-state index in [0.717, 1.165) is 17.2 Å². The maximum absolute atomic E-state index is 4.30. The molecule has 0 saturated carbocycles. The molecular weight excluding hydrogens is 202 g/mol. The quantitative estimate of drug-likeness (QED) is 0.852. The van der Waals surface area contributed by atoms with E-state index in [4.69, 9.17) is 0 Å². The van der Waals surface area contributed by atoms with Crippen LogP contribution in [0.2, 0.25) is 0 Å². The fourth-order valence-electron chi connectivity index (χ4n) is 1.69. The zero-order valence-corrected chi connectivity index (χ0v) is 9.68. The molecule has 5 nitrogen and oxygen atoms in total. The molecule has 1 N–H and O–H groups in total. The van der Waals surface area contributed by atoms with Gasteiger partial charge in [0.2, 0.25) is 0 Å².